The van der Waals surface area contributed by atoms with Gasteiger partial charge < -0.3 is 15.5 Å². The Morgan fingerprint density at radius 3 is 1.18 bits per heavy atom. The summed E-state index contributed by atoms with van der Waals surface area (Å²) in [5.41, 5.74) is 0. The molecule has 55 heavy (non-hydrogen) atoms. The zero-order chi connectivity index (χ0) is 40.0. The third kappa shape index (κ3) is 43.1. The third-order valence-electron chi connectivity index (χ3n) is 10.7. The third-order valence-corrected chi connectivity index (χ3v) is 10.7. The summed E-state index contributed by atoms with van der Waals surface area (Å²) in [4.78, 5) is 12.4. The lowest BCUT2D eigenvalue weighted by atomic mass is 10.0. The summed E-state index contributed by atoms with van der Waals surface area (Å²) >= 11 is 0. The molecule has 0 aliphatic heterocycles. The Morgan fingerprint density at radius 1 is 0.436 bits per heavy atom. The molecule has 0 aromatic heterocycles. The van der Waals surface area contributed by atoms with E-state index in [4.69, 9.17) is 0 Å². The minimum Gasteiger partial charge on any atom is -0.394 e. The largest absolute Gasteiger partial charge is 0.394 e. The molecular formula is C51H93NO3. The quantitative estimate of drug-likeness (QED) is 0.0427. The monoisotopic (exact) mass is 768 g/mol. The Bertz CT molecular complexity index is 919. The summed E-state index contributed by atoms with van der Waals surface area (Å²) in [6, 6.07) is -0.647. The average Bonchev–Trinajstić information content (AvgIpc) is 3.19. The highest BCUT2D eigenvalue weighted by Crippen LogP contribution is 2.15. The van der Waals surface area contributed by atoms with E-state index in [0.29, 0.717) is 6.42 Å². The second-order valence-electron chi connectivity index (χ2n) is 16.2. The van der Waals surface area contributed by atoms with Crippen molar-refractivity contribution >= 4 is 5.91 Å². The normalized spacial score (nSPS) is 13.5. The molecule has 2 unspecified atom stereocenters. The van der Waals surface area contributed by atoms with Crippen molar-refractivity contribution in [1.82, 2.24) is 5.32 Å². The highest BCUT2D eigenvalue weighted by atomic mass is 16.3. The van der Waals surface area contributed by atoms with Crippen LogP contribution in [0, 0.1) is 0 Å². The fourth-order valence-electron chi connectivity index (χ4n) is 7.00. The van der Waals surface area contributed by atoms with Crippen LogP contribution in [0.5, 0.6) is 0 Å². The number of hydrogen-bond acceptors (Lipinski definition) is 3. The zero-order valence-electron chi connectivity index (χ0n) is 36.7. The molecule has 0 saturated carbocycles. The molecule has 0 rings (SSSR count). The van der Waals surface area contributed by atoms with E-state index in [9.17, 15) is 15.0 Å². The van der Waals surface area contributed by atoms with Crippen LogP contribution in [-0.2, 0) is 4.79 Å². The van der Waals surface area contributed by atoms with Crippen LogP contribution >= 0.6 is 0 Å². The van der Waals surface area contributed by atoms with Crippen molar-refractivity contribution in [2.45, 2.75) is 251 Å². The molecule has 2 atom stereocenters. The molecule has 3 N–H and O–H groups in total. The summed E-state index contributed by atoms with van der Waals surface area (Å²) in [5.74, 6) is -0.0802. The maximum absolute atomic E-state index is 12.4. The minimum atomic E-state index is -0.871. The first-order valence-corrected chi connectivity index (χ1v) is 24.0. The van der Waals surface area contributed by atoms with Gasteiger partial charge >= 0.3 is 0 Å². The van der Waals surface area contributed by atoms with Gasteiger partial charge in [-0.15, -0.1) is 0 Å². The van der Waals surface area contributed by atoms with Crippen LogP contribution in [0.15, 0.2) is 60.8 Å². The van der Waals surface area contributed by atoms with E-state index >= 15 is 0 Å². The van der Waals surface area contributed by atoms with E-state index in [0.717, 1.165) is 44.9 Å². The number of allylic oxidation sites excluding steroid dienone is 9. The fraction of sp³-hybridized carbons (Fsp3) is 0.784. The first kappa shape index (κ1) is 53.1. The van der Waals surface area contributed by atoms with Crippen LogP contribution in [0.2, 0.25) is 0 Å². The van der Waals surface area contributed by atoms with E-state index in [2.05, 4.69) is 67.8 Å². The number of amides is 1. The molecule has 0 fully saturated rings. The predicted octanol–water partition coefficient (Wildman–Crippen LogP) is 15.3. The number of hydrogen-bond donors (Lipinski definition) is 3. The second-order valence-corrected chi connectivity index (χ2v) is 16.2. The highest BCUT2D eigenvalue weighted by molar-refractivity contribution is 5.76. The molecule has 0 radical (unpaired) electrons. The van der Waals surface area contributed by atoms with Gasteiger partial charge in [0.05, 0.1) is 18.8 Å². The molecule has 0 saturated heterocycles. The number of aliphatic hydroxyl groups is 2. The molecule has 320 valence electrons. The second kappa shape index (κ2) is 46.5. The first-order chi connectivity index (χ1) is 27.2. The Hall–Kier alpha value is -1.91. The molecule has 0 aliphatic rings. The molecule has 0 heterocycles. The average molecular weight is 768 g/mol. The first-order valence-electron chi connectivity index (χ1n) is 24.0. The van der Waals surface area contributed by atoms with E-state index in [1.807, 2.05) is 6.08 Å². The van der Waals surface area contributed by atoms with Gasteiger partial charge in [-0.1, -0.05) is 216 Å². The Kier molecular flexibility index (Phi) is 44.9. The van der Waals surface area contributed by atoms with Gasteiger partial charge in [-0.05, 0) is 77.0 Å². The lowest BCUT2D eigenvalue weighted by Crippen LogP contribution is -2.45. The van der Waals surface area contributed by atoms with Crippen molar-refractivity contribution in [2.75, 3.05) is 6.61 Å². The standard InChI is InChI=1S/C51H93NO3/c1-3-5-7-9-11-13-15-17-19-20-21-22-23-24-25-26-27-28-29-30-31-32-33-35-37-39-41-43-45-47-51(55)52-49(48-53)50(54)46-44-42-40-38-36-34-18-16-14-12-10-8-6-4-2/h14,16,21-22,24-25,36,38,44,46,49-50,53-54H,3-13,15,17-20,23,26-35,37,39-43,45,47-48H2,1-2H3,(H,52,55)/b16-14+,22-21-,25-24-,38-36+,46-44+. The van der Waals surface area contributed by atoms with Crippen LogP contribution in [0.4, 0.5) is 0 Å². The fourth-order valence-corrected chi connectivity index (χ4v) is 7.00. The van der Waals surface area contributed by atoms with Crippen LogP contribution in [0.1, 0.15) is 239 Å². The lowest BCUT2D eigenvalue weighted by Gasteiger charge is -2.19. The van der Waals surface area contributed by atoms with Crippen molar-refractivity contribution in [2.24, 2.45) is 0 Å². The molecule has 1 amide bonds. The van der Waals surface area contributed by atoms with Gasteiger partial charge in [0.2, 0.25) is 5.91 Å². The van der Waals surface area contributed by atoms with Gasteiger partial charge in [0.25, 0.3) is 0 Å². The SMILES string of the molecule is CCCCCC/C=C/CC/C=C/CC/C=C/C(O)C(CO)NC(=O)CCCCCCCCCCCCCCC/C=C\C/C=C\CCCCCCCCCCC. The molecule has 0 aliphatic carbocycles. The van der Waals surface area contributed by atoms with E-state index < -0.39 is 12.1 Å². The summed E-state index contributed by atoms with van der Waals surface area (Å²) in [5, 5.41) is 23.0. The van der Waals surface area contributed by atoms with E-state index in [-0.39, 0.29) is 12.5 Å². The number of rotatable bonds is 43. The van der Waals surface area contributed by atoms with Gasteiger partial charge in [0.1, 0.15) is 0 Å². The van der Waals surface area contributed by atoms with Gasteiger partial charge in [-0.3, -0.25) is 4.79 Å². The van der Waals surface area contributed by atoms with E-state index in [1.54, 1.807) is 6.08 Å². The van der Waals surface area contributed by atoms with Gasteiger partial charge in [0.15, 0.2) is 0 Å². The van der Waals surface area contributed by atoms with Crippen LogP contribution in [0.3, 0.4) is 0 Å². The maximum atomic E-state index is 12.4. The number of aliphatic hydroxyl groups excluding tert-OH is 2. The van der Waals surface area contributed by atoms with Crippen LogP contribution in [-0.4, -0.2) is 34.9 Å². The predicted molar refractivity (Wildman–Crippen MR) is 244 cm³/mol. The molecular weight excluding hydrogens is 675 g/mol. The summed E-state index contributed by atoms with van der Waals surface area (Å²) in [7, 11) is 0. The molecule has 0 aromatic carbocycles. The van der Waals surface area contributed by atoms with Crippen molar-refractivity contribution in [3.05, 3.63) is 60.8 Å². The van der Waals surface area contributed by atoms with Crippen LogP contribution < -0.4 is 5.32 Å². The number of carbonyl (C=O) groups excluding carboxylic acids is 1. The topological polar surface area (TPSA) is 69.6 Å². The van der Waals surface area contributed by atoms with Crippen molar-refractivity contribution < 1.29 is 15.0 Å². The van der Waals surface area contributed by atoms with Gasteiger partial charge in [-0.2, -0.15) is 0 Å². The van der Waals surface area contributed by atoms with Crippen molar-refractivity contribution in [1.29, 1.82) is 0 Å². The smallest absolute Gasteiger partial charge is 0.220 e. The molecule has 0 spiro atoms. The summed E-state index contributed by atoms with van der Waals surface area (Å²) in [6.07, 6.45) is 64.9. The van der Waals surface area contributed by atoms with E-state index in [1.165, 1.54) is 173 Å². The van der Waals surface area contributed by atoms with Gasteiger partial charge in [-0.25, -0.2) is 0 Å². The highest BCUT2D eigenvalue weighted by Gasteiger charge is 2.17. The number of nitrogens with one attached hydrogen (secondary N) is 1. The molecule has 4 heteroatoms. The molecule has 0 bridgehead atoms. The summed E-state index contributed by atoms with van der Waals surface area (Å²) < 4.78 is 0. The minimum absolute atomic E-state index is 0.0802. The number of carbonyl (C=O) groups is 1. The van der Waals surface area contributed by atoms with Crippen molar-refractivity contribution in [3.63, 3.8) is 0 Å². The Morgan fingerprint density at radius 2 is 0.764 bits per heavy atom. The Balaban J connectivity index is 3.55. The Labute approximate surface area is 343 Å². The maximum Gasteiger partial charge on any atom is 0.220 e. The van der Waals surface area contributed by atoms with Gasteiger partial charge in [0, 0.05) is 6.42 Å². The molecule has 4 nitrogen and oxygen atoms in total. The summed E-state index contributed by atoms with van der Waals surface area (Å²) in [6.45, 7) is 4.27. The van der Waals surface area contributed by atoms with Crippen molar-refractivity contribution in [3.8, 4) is 0 Å². The number of unbranched alkanes of at least 4 members (excludes halogenated alkanes) is 28. The molecule has 0 aromatic rings. The van der Waals surface area contributed by atoms with Crippen LogP contribution in [0.25, 0.3) is 0 Å². The lowest BCUT2D eigenvalue weighted by molar-refractivity contribution is -0.123. The zero-order valence-corrected chi connectivity index (χ0v) is 36.7.